The lowest BCUT2D eigenvalue weighted by Gasteiger charge is -2.15. The Morgan fingerprint density at radius 3 is 1.57 bits per heavy atom. The summed E-state index contributed by atoms with van der Waals surface area (Å²) in [5.41, 5.74) is 0. The molecule has 2 saturated heterocycles. The molecule has 4 unspecified atom stereocenters. The van der Waals surface area contributed by atoms with Gasteiger partial charge in [-0.15, -0.1) is 47.0 Å². The predicted octanol–water partition coefficient (Wildman–Crippen LogP) is 3.20. The van der Waals surface area contributed by atoms with E-state index in [-0.39, 0.29) is 0 Å². The van der Waals surface area contributed by atoms with Gasteiger partial charge in [-0.3, -0.25) is 0 Å². The number of hydrogen-bond donors (Lipinski definition) is 2. The zero-order valence-electron chi connectivity index (χ0n) is 7.67. The van der Waals surface area contributed by atoms with Gasteiger partial charge in [-0.2, -0.15) is 25.3 Å². The topological polar surface area (TPSA) is 0 Å². The van der Waals surface area contributed by atoms with Crippen molar-refractivity contribution in [3.8, 4) is 0 Å². The molecular formula is C8H14S6. The minimum Gasteiger partial charge on any atom is -0.178 e. The SMILES string of the molecule is SCC1CSC(C2SCC(CS)S2)S1. The van der Waals surface area contributed by atoms with Crippen LogP contribution in [-0.2, 0) is 0 Å². The first-order valence-corrected chi connectivity index (χ1v) is 9.84. The molecule has 0 amide bonds. The molecule has 0 spiro atoms. The van der Waals surface area contributed by atoms with Gasteiger partial charge in [0.25, 0.3) is 0 Å². The third kappa shape index (κ3) is 3.06. The van der Waals surface area contributed by atoms with Crippen molar-refractivity contribution in [3.63, 3.8) is 0 Å². The molecule has 2 rings (SSSR count). The normalized spacial score (nSPS) is 43.3. The average molecular weight is 303 g/mol. The minimum absolute atomic E-state index is 0.782. The molecular weight excluding hydrogens is 288 g/mol. The van der Waals surface area contributed by atoms with Crippen LogP contribution in [0.2, 0.25) is 0 Å². The molecule has 6 heteroatoms. The van der Waals surface area contributed by atoms with Crippen LogP contribution in [0, 0.1) is 0 Å². The van der Waals surface area contributed by atoms with E-state index in [4.69, 9.17) is 0 Å². The molecule has 0 saturated carbocycles. The molecule has 0 nitrogen and oxygen atoms in total. The summed E-state index contributed by atoms with van der Waals surface area (Å²) in [4.78, 5) is 0. The number of thiol groups is 2. The molecule has 0 radical (unpaired) electrons. The highest BCUT2D eigenvalue weighted by atomic mass is 32.2. The van der Waals surface area contributed by atoms with E-state index in [9.17, 15) is 0 Å². The highest BCUT2D eigenvalue weighted by Crippen LogP contribution is 2.51. The van der Waals surface area contributed by atoms with E-state index in [1.807, 2.05) is 0 Å². The molecule has 0 aliphatic carbocycles. The van der Waals surface area contributed by atoms with Crippen LogP contribution >= 0.6 is 72.3 Å². The monoisotopic (exact) mass is 302 g/mol. The molecule has 0 bridgehead atoms. The van der Waals surface area contributed by atoms with E-state index in [1.54, 1.807) is 0 Å². The fraction of sp³-hybridized carbons (Fsp3) is 1.00. The van der Waals surface area contributed by atoms with Crippen molar-refractivity contribution in [1.82, 2.24) is 0 Å². The van der Waals surface area contributed by atoms with E-state index < -0.39 is 0 Å². The first kappa shape index (κ1) is 12.6. The van der Waals surface area contributed by atoms with Gasteiger partial charge in [0.1, 0.15) is 0 Å². The lowest BCUT2D eigenvalue weighted by molar-refractivity contribution is 1.17. The van der Waals surface area contributed by atoms with Crippen molar-refractivity contribution in [1.29, 1.82) is 0 Å². The predicted molar refractivity (Wildman–Crippen MR) is 83.0 cm³/mol. The molecule has 2 aliphatic rings. The number of hydrogen-bond acceptors (Lipinski definition) is 6. The fourth-order valence-electron chi connectivity index (χ4n) is 1.42. The fourth-order valence-corrected chi connectivity index (χ4v) is 9.94. The molecule has 2 aliphatic heterocycles. The Morgan fingerprint density at radius 2 is 1.29 bits per heavy atom. The zero-order chi connectivity index (χ0) is 9.97. The summed E-state index contributed by atoms with van der Waals surface area (Å²) in [7, 11) is 0. The third-order valence-corrected chi connectivity index (χ3v) is 11.1. The van der Waals surface area contributed by atoms with E-state index in [1.165, 1.54) is 11.5 Å². The summed E-state index contributed by atoms with van der Waals surface area (Å²) in [6.45, 7) is 0. The van der Waals surface area contributed by atoms with Gasteiger partial charge in [0.05, 0.1) is 9.16 Å². The molecule has 0 aromatic heterocycles. The first-order valence-electron chi connectivity index (χ1n) is 4.59. The van der Waals surface area contributed by atoms with E-state index in [2.05, 4.69) is 72.3 Å². The second-order valence-electron chi connectivity index (χ2n) is 3.28. The van der Waals surface area contributed by atoms with Crippen molar-refractivity contribution in [2.75, 3.05) is 23.0 Å². The first-order chi connectivity index (χ1) is 6.83. The van der Waals surface area contributed by atoms with Gasteiger partial charge in [-0.05, 0) is 0 Å². The van der Waals surface area contributed by atoms with Gasteiger partial charge in [-0.25, -0.2) is 0 Å². The van der Waals surface area contributed by atoms with Crippen LogP contribution < -0.4 is 0 Å². The largest absolute Gasteiger partial charge is 0.178 e. The molecule has 0 N–H and O–H groups in total. The van der Waals surface area contributed by atoms with E-state index in [0.717, 1.165) is 31.2 Å². The molecule has 2 fully saturated rings. The van der Waals surface area contributed by atoms with Crippen LogP contribution in [0.25, 0.3) is 0 Å². The number of rotatable bonds is 3. The second-order valence-corrected chi connectivity index (χ2v) is 9.85. The van der Waals surface area contributed by atoms with Gasteiger partial charge in [0, 0.05) is 33.5 Å². The summed E-state index contributed by atoms with van der Waals surface area (Å²) in [5, 5.41) is 1.56. The Balaban J connectivity index is 1.80. The van der Waals surface area contributed by atoms with Crippen molar-refractivity contribution >= 4 is 72.3 Å². The Morgan fingerprint density at radius 1 is 0.857 bits per heavy atom. The maximum absolute atomic E-state index is 4.38. The van der Waals surface area contributed by atoms with E-state index in [0.29, 0.717) is 0 Å². The van der Waals surface area contributed by atoms with Crippen LogP contribution in [0.15, 0.2) is 0 Å². The molecule has 2 heterocycles. The Hall–Kier alpha value is 2.10. The third-order valence-electron chi connectivity index (χ3n) is 2.18. The van der Waals surface area contributed by atoms with Gasteiger partial charge in [-0.1, -0.05) is 0 Å². The van der Waals surface area contributed by atoms with Crippen LogP contribution in [-0.4, -0.2) is 42.7 Å². The van der Waals surface area contributed by atoms with E-state index >= 15 is 0 Å². The summed E-state index contributed by atoms with van der Waals surface area (Å²) >= 11 is 17.3. The van der Waals surface area contributed by atoms with Crippen LogP contribution in [0.3, 0.4) is 0 Å². The van der Waals surface area contributed by atoms with Crippen LogP contribution in [0.1, 0.15) is 0 Å². The van der Waals surface area contributed by atoms with Crippen LogP contribution in [0.4, 0.5) is 0 Å². The minimum atomic E-state index is 0.782. The lowest BCUT2D eigenvalue weighted by atomic mass is 10.6. The second kappa shape index (κ2) is 6.15. The quantitative estimate of drug-likeness (QED) is 0.768. The van der Waals surface area contributed by atoms with Crippen molar-refractivity contribution < 1.29 is 0 Å². The van der Waals surface area contributed by atoms with Crippen LogP contribution in [0.5, 0.6) is 0 Å². The summed E-state index contributed by atoms with van der Waals surface area (Å²) < 4.78 is 1.60. The maximum atomic E-state index is 4.38. The molecule has 4 atom stereocenters. The average Bonchev–Trinajstić information content (AvgIpc) is 2.86. The summed E-state index contributed by atoms with van der Waals surface area (Å²) in [5.74, 6) is 4.66. The molecule has 0 aromatic rings. The summed E-state index contributed by atoms with van der Waals surface area (Å²) in [6.07, 6.45) is 0. The van der Waals surface area contributed by atoms with Crippen molar-refractivity contribution in [3.05, 3.63) is 0 Å². The highest BCUT2D eigenvalue weighted by molar-refractivity contribution is 8.27. The zero-order valence-corrected chi connectivity index (χ0v) is 12.7. The molecule has 0 aromatic carbocycles. The maximum Gasteiger partial charge on any atom is 0.0716 e. The van der Waals surface area contributed by atoms with Gasteiger partial charge >= 0.3 is 0 Å². The summed E-state index contributed by atoms with van der Waals surface area (Å²) in [6, 6.07) is 0. The van der Waals surface area contributed by atoms with Gasteiger partial charge in [0.2, 0.25) is 0 Å². The number of thioether (sulfide) groups is 4. The smallest absolute Gasteiger partial charge is 0.0716 e. The van der Waals surface area contributed by atoms with Crippen molar-refractivity contribution in [2.45, 2.75) is 19.7 Å². The van der Waals surface area contributed by atoms with Gasteiger partial charge in [0.15, 0.2) is 0 Å². The standard InChI is InChI=1S/C8H14S6/c9-1-5-3-11-7(13-5)8-12-4-6(2-10)14-8/h5-10H,1-4H2. The lowest BCUT2D eigenvalue weighted by Crippen LogP contribution is -2.09. The Labute approximate surface area is 114 Å². The molecule has 14 heavy (non-hydrogen) atoms. The van der Waals surface area contributed by atoms with Gasteiger partial charge < -0.3 is 0 Å². The highest BCUT2D eigenvalue weighted by Gasteiger charge is 2.37. The molecule has 82 valence electrons. The van der Waals surface area contributed by atoms with Crippen molar-refractivity contribution in [2.24, 2.45) is 0 Å². The Kier molecular flexibility index (Phi) is 5.51. The Bertz CT molecular complexity index is 167.